The highest BCUT2D eigenvalue weighted by Crippen LogP contribution is 2.30. The number of aromatic nitrogens is 2. The van der Waals surface area contributed by atoms with Crippen LogP contribution >= 0.6 is 0 Å². The van der Waals surface area contributed by atoms with Gasteiger partial charge in [-0.3, -0.25) is 5.10 Å². The van der Waals surface area contributed by atoms with Gasteiger partial charge in [0, 0.05) is 10.9 Å². The molecule has 0 saturated heterocycles. The summed E-state index contributed by atoms with van der Waals surface area (Å²) in [5.74, 6) is -0.207. The Morgan fingerprint density at radius 1 is 1.04 bits per heavy atom. The van der Waals surface area contributed by atoms with Crippen molar-refractivity contribution in [1.29, 1.82) is 0 Å². The molecule has 3 aromatic carbocycles. The molecular weight excluding hydrogens is 367 g/mol. The largest absolute Gasteiger partial charge is 0.396 e. The second-order valence-corrected chi connectivity index (χ2v) is 7.70. The van der Waals surface area contributed by atoms with E-state index < -0.39 is 15.8 Å². The van der Waals surface area contributed by atoms with Gasteiger partial charge in [0.2, 0.25) is 0 Å². The van der Waals surface area contributed by atoms with E-state index in [-0.39, 0.29) is 16.2 Å². The number of nitrogens with zero attached hydrogens (tertiary/aromatic N) is 1. The smallest absolute Gasteiger partial charge is 0.382 e. The van der Waals surface area contributed by atoms with E-state index in [1.165, 1.54) is 0 Å². The van der Waals surface area contributed by atoms with Crippen molar-refractivity contribution in [2.75, 3.05) is 10.5 Å². The van der Waals surface area contributed by atoms with Crippen LogP contribution in [-0.4, -0.2) is 18.6 Å². The van der Waals surface area contributed by atoms with Crippen LogP contribution in [0.3, 0.4) is 0 Å². The Morgan fingerprint density at radius 3 is 2.44 bits per heavy atom. The molecule has 0 fully saturated rings. The van der Waals surface area contributed by atoms with E-state index in [0.717, 1.165) is 0 Å². The second-order valence-electron chi connectivity index (χ2n) is 5.98. The standard InChI is InChI=1S/C19H15FN4O2S/c20-17-15(10-11-16-18(17)22-23-19(16)21)12-6-8-13(9-7-12)24-27(25,26)14-4-2-1-3-5-14/h1-11H,(H3,21,22,23)(H,24,25,26)/p+1. The van der Waals surface area contributed by atoms with E-state index in [9.17, 15) is 12.8 Å². The molecule has 0 amide bonds. The number of nitrogens with one attached hydrogen (secondary N) is 2. The maximum atomic E-state index is 14.7. The monoisotopic (exact) mass is 383 g/mol. The zero-order valence-electron chi connectivity index (χ0n) is 14.0. The van der Waals surface area contributed by atoms with Gasteiger partial charge in [-0.25, -0.2) is 13.3 Å². The lowest BCUT2D eigenvalue weighted by Crippen LogP contribution is -2.12. The molecule has 8 heteroatoms. The van der Waals surface area contributed by atoms with E-state index in [0.29, 0.717) is 22.2 Å². The first-order chi connectivity index (χ1) is 13.0. The van der Waals surface area contributed by atoms with Gasteiger partial charge in [0.05, 0.1) is 5.69 Å². The molecule has 4 rings (SSSR count). The molecule has 136 valence electrons. The van der Waals surface area contributed by atoms with Crippen molar-refractivity contribution in [2.45, 2.75) is 4.90 Å². The first-order valence-corrected chi connectivity index (χ1v) is 9.59. The first kappa shape index (κ1) is 17.0. The van der Waals surface area contributed by atoms with Crippen molar-refractivity contribution in [1.82, 2.24) is 10.2 Å². The molecule has 1 aromatic heterocycles. The predicted molar refractivity (Wildman–Crippen MR) is 104 cm³/mol. The SMILES string of the molecule is Nc1n[nH]c2c(F)c(-c3ccc(NS(=O)(=[OH+])c4ccccc4)cc3)ccc12. The van der Waals surface area contributed by atoms with Gasteiger partial charge in [0.15, 0.2) is 11.6 Å². The summed E-state index contributed by atoms with van der Waals surface area (Å²) < 4.78 is 40.1. The molecule has 1 heterocycles. The van der Waals surface area contributed by atoms with E-state index in [1.54, 1.807) is 66.7 Å². The molecule has 0 bridgehead atoms. The molecule has 0 saturated carbocycles. The molecule has 27 heavy (non-hydrogen) atoms. The highest BCUT2D eigenvalue weighted by molar-refractivity contribution is 7.92. The van der Waals surface area contributed by atoms with Gasteiger partial charge in [-0.15, -0.1) is 0 Å². The highest BCUT2D eigenvalue weighted by Gasteiger charge is 2.20. The summed E-state index contributed by atoms with van der Waals surface area (Å²) in [6.07, 6.45) is 0. The lowest BCUT2D eigenvalue weighted by Gasteiger charge is -2.07. The fraction of sp³-hybridized carbons (Fsp3) is 0. The number of hydrogen-bond acceptors (Lipinski definition) is 3. The van der Waals surface area contributed by atoms with Crippen molar-refractivity contribution in [2.24, 2.45) is 0 Å². The van der Waals surface area contributed by atoms with Gasteiger partial charge in [-0.2, -0.15) is 9.31 Å². The number of rotatable bonds is 4. The summed E-state index contributed by atoms with van der Waals surface area (Å²) >= 11 is 0. The van der Waals surface area contributed by atoms with Crippen LogP contribution in [0.25, 0.3) is 22.0 Å². The summed E-state index contributed by atoms with van der Waals surface area (Å²) in [6, 6.07) is 18.2. The number of nitrogen functional groups attached to an aromatic ring is 1. The number of hydrogen-bond donors (Lipinski definition) is 3. The molecule has 6 nitrogen and oxygen atoms in total. The van der Waals surface area contributed by atoms with Gasteiger partial charge in [-0.1, -0.05) is 36.4 Å². The van der Waals surface area contributed by atoms with Crippen LogP contribution in [0.4, 0.5) is 15.9 Å². The van der Waals surface area contributed by atoms with Crippen LogP contribution in [0.5, 0.6) is 0 Å². The maximum Gasteiger partial charge on any atom is 0.396 e. The first-order valence-electron chi connectivity index (χ1n) is 8.08. The van der Waals surface area contributed by atoms with Gasteiger partial charge in [-0.05, 0) is 35.9 Å². The Labute approximate surface area is 154 Å². The van der Waals surface area contributed by atoms with Crippen molar-refractivity contribution < 1.29 is 12.8 Å². The summed E-state index contributed by atoms with van der Waals surface area (Å²) in [5.41, 5.74) is 7.39. The quantitative estimate of drug-likeness (QED) is 0.465. The topological polar surface area (TPSA) is 105 Å². The summed E-state index contributed by atoms with van der Waals surface area (Å²) in [4.78, 5) is 0.280. The Bertz CT molecular complexity index is 1220. The third-order valence-electron chi connectivity index (χ3n) is 4.22. The molecular formula is C19H16FN4O2S+. The number of fused-ring (bicyclic) bond motifs is 1. The van der Waals surface area contributed by atoms with E-state index in [1.807, 2.05) is 0 Å². The van der Waals surface area contributed by atoms with E-state index >= 15 is 0 Å². The average molecular weight is 383 g/mol. The minimum atomic E-state index is -3.43. The number of nitrogens with two attached hydrogens (primary N) is 1. The van der Waals surface area contributed by atoms with Crippen LogP contribution in [0.15, 0.2) is 71.6 Å². The average Bonchev–Trinajstić information content (AvgIpc) is 3.05. The lowest BCUT2D eigenvalue weighted by molar-refractivity contribution is 0.620. The molecule has 0 aliphatic heterocycles. The molecule has 5 N–H and O–H groups in total. The zero-order valence-corrected chi connectivity index (χ0v) is 14.8. The van der Waals surface area contributed by atoms with Crippen LogP contribution in [-0.2, 0) is 10.0 Å². The third kappa shape index (κ3) is 3.11. The molecule has 0 aliphatic carbocycles. The molecule has 0 radical (unpaired) electrons. The second kappa shape index (κ2) is 6.40. The molecule has 1 unspecified atom stereocenters. The van der Waals surface area contributed by atoms with Crippen molar-refractivity contribution in [3.05, 3.63) is 72.5 Å². The van der Waals surface area contributed by atoms with Crippen LogP contribution in [0, 0.1) is 5.82 Å². The fourth-order valence-corrected chi connectivity index (χ4v) is 3.94. The number of anilines is 2. The predicted octanol–water partition coefficient (Wildman–Crippen LogP) is 3.91. The van der Waals surface area contributed by atoms with Crippen LogP contribution in [0.2, 0.25) is 0 Å². The van der Waals surface area contributed by atoms with Crippen molar-refractivity contribution in [3.63, 3.8) is 0 Å². The van der Waals surface area contributed by atoms with Gasteiger partial charge >= 0.3 is 10.0 Å². The van der Waals surface area contributed by atoms with Gasteiger partial charge in [0.25, 0.3) is 0 Å². The van der Waals surface area contributed by atoms with E-state index in [2.05, 4.69) is 14.9 Å². The van der Waals surface area contributed by atoms with Crippen molar-refractivity contribution >= 4 is 32.4 Å². The van der Waals surface area contributed by atoms with Crippen molar-refractivity contribution in [3.8, 4) is 11.1 Å². The number of aromatic amines is 1. The maximum absolute atomic E-state index is 14.7. The number of benzene rings is 3. The third-order valence-corrected chi connectivity index (χ3v) is 5.64. The van der Waals surface area contributed by atoms with Crippen LogP contribution < -0.4 is 10.5 Å². The number of H-pyrrole nitrogens is 1. The Kier molecular flexibility index (Phi) is 4.04. The minimum absolute atomic E-state index is 0.244. The molecule has 1 atom stereocenters. The normalized spacial score (nSPS) is 13.4. The zero-order chi connectivity index (χ0) is 19.0. The Hall–Kier alpha value is -3.39. The highest BCUT2D eigenvalue weighted by atomic mass is 32.2. The summed E-state index contributed by atoms with van der Waals surface area (Å²) in [6.45, 7) is 0. The lowest BCUT2D eigenvalue weighted by atomic mass is 10.0. The van der Waals surface area contributed by atoms with Gasteiger partial charge < -0.3 is 5.73 Å². The van der Waals surface area contributed by atoms with Crippen LogP contribution in [0.1, 0.15) is 0 Å². The fourth-order valence-electron chi connectivity index (χ4n) is 2.84. The minimum Gasteiger partial charge on any atom is -0.382 e. The summed E-state index contributed by atoms with van der Waals surface area (Å²) in [7, 11) is -3.43. The van der Waals surface area contributed by atoms with Gasteiger partial charge in [0.1, 0.15) is 10.4 Å². The number of halogens is 1. The molecule has 4 aromatic rings. The molecule has 0 spiro atoms. The Morgan fingerprint density at radius 2 is 1.74 bits per heavy atom. The molecule has 0 aliphatic rings. The Balaban J connectivity index is 1.64. The summed E-state index contributed by atoms with van der Waals surface area (Å²) in [5, 5.41) is 6.94. The van der Waals surface area contributed by atoms with E-state index in [4.69, 9.17) is 5.73 Å².